The van der Waals surface area contributed by atoms with Gasteiger partial charge in [0.1, 0.15) is 6.04 Å². The molecule has 0 saturated carbocycles. The Bertz CT molecular complexity index is 731. The number of hydrogen-bond acceptors (Lipinski definition) is 3. The second-order valence-corrected chi connectivity index (χ2v) is 6.54. The average Bonchev–Trinajstić information content (AvgIpc) is 2.67. The highest BCUT2D eigenvalue weighted by Crippen LogP contribution is 2.12. The van der Waals surface area contributed by atoms with Crippen LogP contribution in [0.2, 0.25) is 0 Å². The normalized spacial score (nSPS) is 11.6. The molecule has 5 nitrogen and oxygen atoms in total. The van der Waals surface area contributed by atoms with Crippen molar-refractivity contribution < 1.29 is 9.59 Å². The molecule has 2 rings (SSSR count). The number of hydrogen-bond donors (Lipinski definition) is 3. The van der Waals surface area contributed by atoms with Crippen molar-refractivity contribution in [1.82, 2.24) is 10.6 Å². The lowest BCUT2D eigenvalue weighted by molar-refractivity contribution is -0.126. The lowest BCUT2D eigenvalue weighted by Crippen LogP contribution is -2.44. The summed E-state index contributed by atoms with van der Waals surface area (Å²) in [6.45, 7) is 5.70. The number of carbonyl (C=O) groups excluding carboxylic acids is 2. The summed E-state index contributed by atoms with van der Waals surface area (Å²) in [5, 5.41) is 9.07. The Balaban J connectivity index is 1.96. The second kappa shape index (κ2) is 11.1. The van der Waals surface area contributed by atoms with E-state index in [4.69, 9.17) is 0 Å². The SMILES string of the molecule is CCCC(NC(=O)Cc1ccccc1)C(=O)Nc1cccc(CNCC)c1. The molecule has 1 unspecified atom stereocenters. The molecule has 0 fully saturated rings. The van der Waals surface area contributed by atoms with Crippen molar-refractivity contribution >= 4 is 17.5 Å². The molecule has 0 radical (unpaired) electrons. The van der Waals surface area contributed by atoms with Crippen molar-refractivity contribution in [3.63, 3.8) is 0 Å². The van der Waals surface area contributed by atoms with E-state index in [2.05, 4.69) is 22.9 Å². The van der Waals surface area contributed by atoms with Gasteiger partial charge < -0.3 is 16.0 Å². The van der Waals surface area contributed by atoms with Gasteiger partial charge in [0.05, 0.1) is 6.42 Å². The van der Waals surface area contributed by atoms with Crippen LogP contribution in [-0.4, -0.2) is 24.4 Å². The van der Waals surface area contributed by atoms with E-state index in [1.54, 1.807) is 0 Å². The summed E-state index contributed by atoms with van der Waals surface area (Å²) >= 11 is 0. The zero-order valence-electron chi connectivity index (χ0n) is 16.1. The predicted octanol–water partition coefficient (Wildman–Crippen LogP) is 3.26. The molecule has 1 atom stereocenters. The van der Waals surface area contributed by atoms with Crippen molar-refractivity contribution in [3.8, 4) is 0 Å². The smallest absolute Gasteiger partial charge is 0.246 e. The Morgan fingerprint density at radius 2 is 1.70 bits per heavy atom. The van der Waals surface area contributed by atoms with Crippen molar-refractivity contribution in [2.75, 3.05) is 11.9 Å². The molecule has 0 saturated heterocycles. The molecule has 27 heavy (non-hydrogen) atoms. The van der Waals surface area contributed by atoms with Gasteiger partial charge in [-0.1, -0.05) is 62.7 Å². The standard InChI is InChI=1S/C22H29N3O2/c1-3-9-20(25-21(26)15-17-10-6-5-7-11-17)22(27)24-19-13-8-12-18(14-19)16-23-4-2/h5-8,10-14,20,23H,3-4,9,15-16H2,1-2H3,(H,24,27)(H,25,26). The van der Waals surface area contributed by atoms with E-state index >= 15 is 0 Å². The maximum atomic E-state index is 12.7. The highest BCUT2D eigenvalue weighted by molar-refractivity contribution is 5.97. The van der Waals surface area contributed by atoms with Crippen LogP contribution in [0.25, 0.3) is 0 Å². The van der Waals surface area contributed by atoms with Crippen LogP contribution >= 0.6 is 0 Å². The highest BCUT2D eigenvalue weighted by Gasteiger charge is 2.20. The summed E-state index contributed by atoms with van der Waals surface area (Å²) in [6, 6.07) is 16.8. The summed E-state index contributed by atoms with van der Waals surface area (Å²) in [5.74, 6) is -0.324. The minimum atomic E-state index is -0.538. The number of amides is 2. The van der Waals surface area contributed by atoms with Gasteiger partial charge in [0, 0.05) is 12.2 Å². The van der Waals surface area contributed by atoms with Crippen LogP contribution in [0, 0.1) is 0 Å². The van der Waals surface area contributed by atoms with Crippen LogP contribution in [0.4, 0.5) is 5.69 Å². The molecule has 0 aromatic heterocycles. The van der Waals surface area contributed by atoms with E-state index in [1.165, 1.54) is 0 Å². The Hall–Kier alpha value is -2.66. The summed E-state index contributed by atoms with van der Waals surface area (Å²) < 4.78 is 0. The lowest BCUT2D eigenvalue weighted by atomic mass is 10.1. The number of benzene rings is 2. The molecule has 5 heteroatoms. The molecular weight excluding hydrogens is 338 g/mol. The topological polar surface area (TPSA) is 70.2 Å². The molecule has 0 bridgehead atoms. The molecule has 0 aliphatic carbocycles. The zero-order chi connectivity index (χ0) is 19.5. The third kappa shape index (κ3) is 7.23. The average molecular weight is 367 g/mol. The Labute approximate surface area is 161 Å². The van der Waals surface area contributed by atoms with E-state index in [-0.39, 0.29) is 18.2 Å². The minimum absolute atomic E-state index is 0.143. The van der Waals surface area contributed by atoms with E-state index < -0.39 is 6.04 Å². The molecule has 2 amide bonds. The maximum Gasteiger partial charge on any atom is 0.246 e. The first-order valence-electron chi connectivity index (χ1n) is 9.56. The quantitative estimate of drug-likeness (QED) is 0.604. The fourth-order valence-corrected chi connectivity index (χ4v) is 2.84. The van der Waals surface area contributed by atoms with Crippen LogP contribution in [0.15, 0.2) is 54.6 Å². The van der Waals surface area contributed by atoms with Gasteiger partial charge >= 0.3 is 0 Å². The lowest BCUT2D eigenvalue weighted by Gasteiger charge is -2.18. The maximum absolute atomic E-state index is 12.7. The molecule has 0 aliphatic rings. The molecule has 144 valence electrons. The second-order valence-electron chi connectivity index (χ2n) is 6.54. The summed E-state index contributed by atoms with van der Waals surface area (Å²) in [7, 11) is 0. The number of nitrogens with one attached hydrogen (secondary N) is 3. The van der Waals surface area contributed by atoms with Gasteiger partial charge in [0.25, 0.3) is 0 Å². The van der Waals surface area contributed by atoms with Crippen LogP contribution in [0.1, 0.15) is 37.8 Å². The van der Waals surface area contributed by atoms with Crippen molar-refractivity contribution in [3.05, 3.63) is 65.7 Å². The van der Waals surface area contributed by atoms with E-state index in [0.717, 1.165) is 36.3 Å². The first-order chi connectivity index (χ1) is 13.1. The van der Waals surface area contributed by atoms with E-state index in [1.807, 2.05) is 61.5 Å². The van der Waals surface area contributed by atoms with Crippen molar-refractivity contribution in [2.24, 2.45) is 0 Å². The number of anilines is 1. The minimum Gasteiger partial charge on any atom is -0.344 e. The van der Waals surface area contributed by atoms with Gasteiger partial charge in [-0.3, -0.25) is 9.59 Å². The van der Waals surface area contributed by atoms with Crippen LogP contribution < -0.4 is 16.0 Å². The molecule has 0 heterocycles. The largest absolute Gasteiger partial charge is 0.344 e. The van der Waals surface area contributed by atoms with Gasteiger partial charge in [-0.2, -0.15) is 0 Å². The fourth-order valence-electron chi connectivity index (χ4n) is 2.84. The van der Waals surface area contributed by atoms with Gasteiger partial charge in [-0.15, -0.1) is 0 Å². The third-order valence-electron chi connectivity index (χ3n) is 4.21. The van der Waals surface area contributed by atoms with E-state index in [9.17, 15) is 9.59 Å². The van der Waals surface area contributed by atoms with Crippen LogP contribution in [0.5, 0.6) is 0 Å². The zero-order valence-corrected chi connectivity index (χ0v) is 16.1. The molecule has 0 aliphatic heterocycles. The number of carbonyl (C=O) groups is 2. The van der Waals surface area contributed by atoms with Gasteiger partial charge in [0.2, 0.25) is 11.8 Å². The third-order valence-corrected chi connectivity index (χ3v) is 4.21. The molecule has 0 spiro atoms. The van der Waals surface area contributed by atoms with Crippen LogP contribution in [0.3, 0.4) is 0 Å². The fraction of sp³-hybridized carbons (Fsp3) is 0.364. The predicted molar refractivity (Wildman–Crippen MR) is 109 cm³/mol. The Morgan fingerprint density at radius 3 is 2.41 bits per heavy atom. The first kappa shape index (κ1) is 20.6. The van der Waals surface area contributed by atoms with Gasteiger partial charge in [-0.25, -0.2) is 0 Å². The summed E-state index contributed by atoms with van der Waals surface area (Å²) in [4.78, 5) is 25.0. The molecule has 3 N–H and O–H groups in total. The Morgan fingerprint density at radius 1 is 0.963 bits per heavy atom. The summed E-state index contributed by atoms with van der Waals surface area (Å²) in [5.41, 5.74) is 2.78. The first-order valence-corrected chi connectivity index (χ1v) is 9.56. The number of rotatable bonds is 10. The van der Waals surface area contributed by atoms with E-state index in [0.29, 0.717) is 6.42 Å². The monoisotopic (exact) mass is 367 g/mol. The summed E-state index contributed by atoms with van der Waals surface area (Å²) in [6.07, 6.45) is 1.68. The van der Waals surface area contributed by atoms with Gasteiger partial charge in [0.15, 0.2) is 0 Å². The van der Waals surface area contributed by atoms with Crippen molar-refractivity contribution in [1.29, 1.82) is 0 Å². The van der Waals surface area contributed by atoms with Crippen LogP contribution in [-0.2, 0) is 22.6 Å². The van der Waals surface area contributed by atoms with Crippen molar-refractivity contribution in [2.45, 2.75) is 45.7 Å². The highest BCUT2D eigenvalue weighted by atomic mass is 16.2. The molecule has 2 aromatic carbocycles. The molecule has 2 aromatic rings. The Kier molecular flexibility index (Phi) is 8.52. The molecular formula is C22H29N3O2. The van der Waals surface area contributed by atoms with Gasteiger partial charge in [-0.05, 0) is 36.2 Å².